The third-order valence-electron chi connectivity index (χ3n) is 4.26. The molecule has 0 radical (unpaired) electrons. The molecule has 1 aromatic rings. The van der Waals surface area contributed by atoms with E-state index in [1.54, 1.807) is 0 Å². The molecule has 2 aliphatic rings. The number of benzene rings is 1. The van der Waals surface area contributed by atoms with Crippen molar-refractivity contribution < 1.29 is 19.8 Å². The summed E-state index contributed by atoms with van der Waals surface area (Å²) in [5.74, 6) is -0.654. The molecule has 4 N–H and O–H groups in total. The minimum absolute atomic E-state index is 0.0591. The van der Waals surface area contributed by atoms with Gasteiger partial charge in [0.15, 0.2) is 0 Å². The molecule has 1 unspecified atom stereocenters. The quantitative estimate of drug-likeness (QED) is 0.716. The molecule has 0 spiro atoms. The highest BCUT2D eigenvalue weighted by Gasteiger charge is 2.51. The molecule has 7 heteroatoms. The van der Waals surface area contributed by atoms with Gasteiger partial charge < -0.3 is 15.9 Å². The minimum atomic E-state index is -1.10. The van der Waals surface area contributed by atoms with Gasteiger partial charge in [0, 0.05) is 5.75 Å². The topological polar surface area (TPSA) is 104 Å². The largest absolute Gasteiger partial charge is 0.507 e. The molecule has 3 rings (SSSR count). The number of fused-ring (bicyclic) bond motifs is 1. The summed E-state index contributed by atoms with van der Waals surface area (Å²) in [5.41, 5.74) is 8.92. The van der Waals surface area contributed by atoms with Crippen molar-refractivity contribution in [3.63, 3.8) is 0 Å². The molecule has 0 aromatic heterocycles. The number of thioether (sulfide) groups is 1. The fourth-order valence-corrected chi connectivity index (χ4v) is 4.40. The first kappa shape index (κ1) is 15.9. The van der Waals surface area contributed by atoms with Gasteiger partial charge in [-0.2, -0.15) is 0 Å². The monoisotopic (exact) mass is 334 g/mol. The zero-order valence-electron chi connectivity index (χ0n) is 12.9. The third kappa shape index (κ3) is 2.49. The number of aryl methyl sites for hydroxylation is 2. The van der Waals surface area contributed by atoms with Crippen molar-refractivity contribution >= 4 is 23.6 Å². The second-order valence-electron chi connectivity index (χ2n) is 5.95. The van der Waals surface area contributed by atoms with Crippen LogP contribution in [0.15, 0.2) is 23.4 Å². The van der Waals surface area contributed by atoms with Crippen LogP contribution >= 0.6 is 11.8 Å². The highest BCUT2D eigenvalue weighted by atomic mass is 32.2. The lowest BCUT2D eigenvalue weighted by Gasteiger charge is -2.48. The smallest absolute Gasteiger partial charge is 0.352 e. The van der Waals surface area contributed by atoms with Crippen LogP contribution in [0.25, 0.3) is 0 Å². The predicted molar refractivity (Wildman–Crippen MR) is 87.0 cm³/mol. The van der Waals surface area contributed by atoms with Crippen LogP contribution < -0.4 is 5.73 Å². The average molecular weight is 334 g/mol. The fraction of sp³-hybridized carbons (Fsp3) is 0.375. The van der Waals surface area contributed by atoms with Crippen LogP contribution in [0.1, 0.15) is 16.7 Å². The number of carboxylic acid groups (broad SMARTS) is 1. The summed E-state index contributed by atoms with van der Waals surface area (Å²) in [6.45, 7) is 3.61. The van der Waals surface area contributed by atoms with E-state index in [9.17, 15) is 19.8 Å². The first-order valence-electron chi connectivity index (χ1n) is 7.26. The van der Waals surface area contributed by atoms with Gasteiger partial charge in [-0.25, -0.2) is 4.79 Å². The lowest BCUT2D eigenvalue weighted by molar-refractivity contribution is -0.148. The molecule has 0 aliphatic carbocycles. The number of carbonyl (C=O) groups is 2. The zero-order chi connectivity index (χ0) is 16.9. The van der Waals surface area contributed by atoms with E-state index in [0.717, 1.165) is 16.7 Å². The summed E-state index contributed by atoms with van der Waals surface area (Å²) in [6, 6.07) is 3.07. The average Bonchev–Trinajstić information content (AvgIpc) is 2.51. The number of hydrogen-bond acceptors (Lipinski definition) is 5. The molecule has 1 aromatic carbocycles. The van der Waals surface area contributed by atoms with Crippen LogP contribution in [0, 0.1) is 13.8 Å². The van der Waals surface area contributed by atoms with Gasteiger partial charge in [0.2, 0.25) is 5.91 Å². The van der Waals surface area contributed by atoms with Crippen LogP contribution in [0.4, 0.5) is 0 Å². The summed E-state index contributed by atoms with van der Waals surface area (Å²) < 4.78 is 0. The molecule has 2 heterocycles. The SMILES string of the molecule is Cc1cc(CC2=C(C(=O)O)N3C(=O)C(N)[C@H]3SC2)cc(C)c1O. The predicted octanol–water partition coefficient (Wildman–Crippen LogP) is 1.13. The van der Waals surface area contributed by atoms with E-state index in [4.69, 9.17) is 5.73 Å². The minimum Gasteiger partial charge on any atom is -0.507 e. The van der Waals surface area contributed by atoms with Crippen molar-refractivity contribution in [3.05, 3.63) is 40.1 Å². The normalized spacial score (nSPS) is 23.6. The first-order chi connectivity index (χ1) is 10.8. The number of carboxylic acids is 1. The van der Waals surface area contributed by atoms with E-state index in [0.29, 0.717) is 17.7 Å². The Bertz CT molecular complexity index is 721. The van der Waals surface area contributed by atoms with Gasteiger partial charge in [-0.15, -0.1) is 11.8 Å². The number of nitrogens with two attached hydrogens (primary N) is 1. The fourth-order valence-electron chi connectivity index (χ4n) is 3.11. The Morgan fingerprint density at radius 1 is 1.39 bits per heavy atom. The standard InChI is InChI=1S/C16H18N2O4S/c1-7-3-9(4-8(2)13(7)19)5-10-6-23-15-11(17)14(20)18(15)12(10)16(21)22/h3-4,11,15,19H,5-6,17H2,1-2H3,(H,21,22)/t11?,15-/m1/s1. The van der Waals surface area contributed by atoms with Crippen LogP contribution in [0.2, 0.25) is 0 Å². The van der Waals surface area contributed by atoms with E-state index in [2.05, 4.69) is 0 Å². The van der Waals surface area contributed by atoms with Crippen molar-refractivity contribution in [2.45, 2.75) is 31.7 Å². The highest BCUT2D eigenvalue weighted by molar-refractivity contribution is 8.00. The van der Waals surface area contributed by atoms with Gasteiger partial charge in [0.05, 0.1) is 0 Å². The highest BCUT2D eigenvalue weighted by Crippen LogP contribution is 2.40. The number of phenols is 1. The molecule has 1 amide bonds. The summed E-state index contributed by atoms with van der Waals surface area (Å²) in [4.78, 5) is 24.9. The maximum Gasteiger partial charge on any atom is 0.352 e. The first-order valence-corrected chi connectivity index (χ1v) is 8.30. The maximum absolute atomic E-state index is 11.9. The van der Waals surface area contributed by atoms with Crippen molar-refractivity contribution in [2.75, 3.05) is 5.75 Å². The Balaban J connectivity index is 1.97. The van der Waals surface area contributed by atoms with Crippen molar-refractivity contribution in [2.24, 2.45) is 5.73 Å². The molecular weight excluding hydrogens is 316 g/mol. The molecule has 0 bridgehead atoms. The lowest BCUT2D eigenvalue weighted by Crippen LogP contribution is -2.68. The van der Waals surface area contributed by atoms with Crippen LogP contribution in [-0.4, -0.2) is 44.2 Å². The second-order valence-corrected chi connectivity index (χ2v) is 7.05. The molecule has 0 saturated carbocycles. The lowest BCUT2D eigenvalue weighted by atomic mass is 9.97. The van der Waals surface area contributed by atoms with E-state index in [1.165, 1.54) is 16.7 Å². The Kier molecular flexibility index (Phi) is 3.85. The summed E-state index contributed by atoms with van der Waals surface area (Å²) in [7, 11) is 0. The number of aliphatic carboxylic acids is 1. The molecule has 1 saturated heterocycles. The molecular formula is C16H18N2O4S. The summed E-state index contributed by atoms with van der Waals surface area (Å²) in [6.07, 6.45) is 0.433. The third-order valence-corrected chi connectivity index (χ3v) is 5.62. The number of β-lactam (4-membered cyclic amide) rings is 1. The van der Waals surface area contributed by atoms with Crippen molar-refractivity contribution in [3.8, 4) is 5.75 Å². The molecule has 2 aliphatic heterocycles. The Hall–Kier alpha value is -1.99. The van der Waals surface area contributed by atoms with Gasteiger partial charge in [-0.1, -0.05) is 12.1 Å². The van der Waals surface area contributed by atoms with Gasteiger partial charge in [0.25, 0.3) is 0 Å². The Morgan fingerprint density at radius 2 is 2.00 bits per heavy atom. The van der Waals surface area contributed by atoms with Gasteiger partial charge >= 0.3 is 5.97 Å². The molecule has 6 nitrogen and oxygen atoms in total. The van der Waals surface area contributed by atoms with E-state index < -0.39 is 12.0 Å². The maximum atomic E-state index is 11.9. The van der Waals surface area contributed by atoms with Crippen LogP contribution in [0.3, 0.4) is 0 Å². The number of aromatic hydroxyl groups is 1. The number of nitrogens with zero attached hydrogens (tertiary/aromatic N) is 1. The van der Waals surface area contributed by atoms with Crippen molar-refractivity contribution in [1.82, 2.24) is 4.90 Å². The number of rotatable bonds is 3. The van der Waals surface area contributed by atoms with Crippen LogP contribution in [0.5, 0.6) is 5.75 Å². The van der Waals surface area contributed by atoms with Gasteiger partial charge in [-0.3, -0.25) is 9.69 Å². The molecule has 1 fully saturated rings. The summed E-state index contributed by atoms with van der Waals surface area (Å²) in [5, 5.41) is 19.1. The van der Waals surface area contributed by atoms with E-state index in [-0.39, 0.29) is 22.7 Å². The Morgan fingerprint density at radius 3 is 2.57 bits per heavy atom. The summed E-state index contributed by atoms with van der Waals surface area (Å²) >= 11 is 1.49. The molecule has 23 heavy (non-hydrogen) atoms. The number of hydrogen-bond donors (Lipinski definition) is 3. The van der Waals surface area contributed by atoms with E-state index in [1.807, 2.05) is 26.0 Å². The molecule has 122 valence electrons. The number of amides is 1. The van der Waals surface area contributed by atoms with Crippen LogP contribution in [-0.2, 0) is 16.0 Å². The van der Waals surface area contributed by atoms with Crippen molar-refractivity contribution in [1.29, 1.82) is 0 Å². The second kappa shape index (κ2) is 5.58. The van der Waals surface area contributed by atoms with E-state index >= 15 is 0 Å². The number of carbonyl (C=O) groups excluding carboxylic acids is 1. The molecule has 2 atom stereocenters. The Labute approximate surface area is 138 Å². The van der Waals surface area contributed by atoms with Gasteiger partial charge in [-0.05, 0) is 42.5 Å². The zero-order valence-corrected chi connectivity index (χ0v) is 13.7. The van der Waals surface area contributed by atoms with Gasteiger partial charge in [0.1, 0.15) is 22.9 Å². The number of phenolic OH excluding ortho intramolecular Hbond substituents is 1.